The average Bonchev–Trinajstić information content (AvgIpc) is 3.10. The van der Waals surface area contributed by atoms with Gasteiger partial charge >= 0.3 is 12.0 Å². The first-order chi connectivity index (χ1) is 13.6. The molecule has 0 bridgehead atoms. The Labute approximate surface area is 161 Å². The number of aliphatic carboxylic acids is 1. The van der Waals surface area contributed by atoms with Gasteiger partial charge in [0.2, 0.25) is 17.6 Å². The Bertz CT molecular complexity index is 919. The molecule has 13 heteroatoms. The van der Waals surface area contributed by atoms with Crippen LogP contribution in [0, 0.1) is 11.6 Å². The fraction of sp³-hybridized carbons (Fsp3) is 0.312. The van der Waals surface area contributed by atoms with Crippen LogP contribution in [0.3, 0.4) is 0 Å². The summed E-state index contributed by atoms with van der Waals surface area (Å²) in [6.45, 7) is 1.15. The maximum atomic E-state index is 13.9. The van der Waals surface area contributed by atoms with E-state index in [9.17, 15) is 28.3 Å². The molecule has 0 saturated carbocycles. The molecule has 2 aromatic rings. The Morgan fingerprint density at radius 1 is 1.28 bits per heavy atom. The quantitative estimate of drug-likeness (QED) is 0.403. The van der Waals surface area contributed by atoms with Crippen molar-refractivity contribution in [3.05, 3.63) is 35.7 Å². The molecule has 0 aliphatic rings. The van der Waals surface area contributed by atoms with Gasteiger partial charge in [-0.05, 0) is 25.1 Å². The molecule has 0 radical (unpaired) electrons. The van der Waals surface area contributed by atoms with Crippen molar-refractivity contribution in [1.29, 1.82) is 0 Å². The smallest absolute Gasteiger partial charge is 0.328 e. The summed E-state index contributed by atoms with van der Waals surface area (Å²) in [5.74, 6) is -4.67. The first kappa shape index (κ1) is 21.7. The van der Waals surface area contributed by atoms with Crippen molar-refractivity contribution >= 4 is 17.9 Å². The fourth-order valence-electron chi connectivity index (χ4n) is 2.29. The summed E-state index contributed by atoms with van der Waals surface area (Å²) in [4.78, 5) is 38.2. The third kappa shape index (κ3) is 5.68. The molecule has 0 spiro atoms. The van der Waals surface area contributed by atoms with Crippen molar-refractivity contribution in [3.8, 4) is 11.4 Å². The third-order valence-corrected chi connectivity index (χ3v) is 3.65. The number of primary amides is 1. The summed E-state index contributed by atoms with van der Waals surface area (Å²) in [5.41, 5.74) is 4.80. The molecule has 6 N–H and O–H groups in total. The highest BCUT2D eigenvalue weighted by molar-refractivity contribution is 5.83. The van der Waals surface area contributed by atoms with Gasteiger partial charge < -0.3 is 31.1 Å². The molecule has 3 amide bonds. The second-order valence-electron chi connectivity index (χ2n) is 5.98. The van der Waals surface area contributed by atoms with Crippen molar-refractivity contribution < 1.29 is 37.9 Å². The minimum atomic E-state index is -1.64. The van der Waals surface area contributed by atoms with Crippen molar-refractivity contribution in [1.82, 2.24) is 20.8 Å². The van der Waals surface area contributed by atoms with Gasteiger partial charge in [-0.15, -0.1) is 0 Å². The molecule has 0 aliphatic heterocycles. The number of nitrogens with one attached hydrogen (secondary N) is 2. The van der Waals surface area contributed by atoms with E-state index in [1.54, 1.807) is 0 Å². The van der Waals surface area contributed by atoms with Crippen molar-refractivity contribution in [2.75, 3.05) is 0 Å². The molecular formula is C16H17F2N5O6. The molecule has 0 fully saturated rings. The van der Waals surface area contributed by atoms with Crippen LogP contribution in [0.25, 0.3) is 11.4 Å². The van der Waals surface area contributed by atoms with Gasteiger partial charge in [-0.25, -0.2) is 18.4 Å². The summed E-state index contributed by atoms with van der Waals surface area (Å²) >= 11 is 0. The molecule has 29 heavy (non-hydrogen) atoms. The van der Waals surface area contributed by atoms with Crippen LogP contribution in [0.1, 0.15) is 25.3 Å². The molecule has 1 unspecified atom stereocenters. The van der Waals surface area contributed by atoms with Crippen molar-refractivity contribution in [3.63, 3.8) is 0 Å². The molecule has 0 aliphatic carbocycles. The highest BCUT2D eigenvalue weighted by Crippen LogP contribution is 2.23. The number of carboxylic acids is 1. The van der Waals surface area contributed by atoms with E-state index in [1.807, 2.05) is 5.32 Å². The predicted octanol–water partition coefficient (Wildman–Crippen LogP) is 0.0645. The van der Waals surface area contributed by atoms with Gasteiger partial charge in [-0.2, -0.15) is 4.98 Å². The number of aliphatic hydroxyl groups excluding tert-OH is 1. The number of nitrogens with zero attached hydrogens (tertiary/aromatic N) is 2. The number of carbonyl (C=O) groups excluding carboxylic acids is 2. The summed E-state index contributed by atoms with van der Waals surface area (Å²) in [6.07, 6.45) is -1.94. The van der Waals surface area contributed by atoms with E-state index >= 15 is 0 Å². The summed E-state index contributed by atoms with van der Waals surface area (Å²) in [5, 5.41) is 26.1. The van der Waals surface area contributed by atoms with Crippen LogP contribution in [0.5, 0.6) is 0 Å². The van der Waals surface area contributed by atoms with Crippen LogP contribution < -0.4 is 16.4 Å². The van der Waals surface area contributed by atoms with E-state index in [2.05, 4.69) is 15.5 Å². The number of rotatable bonds is 8. The molecule has 156 valence electrons. The minimum absolute atomic E-state index is 0.317. The maximum absolute atomic E-state index is 13.9. The Kier molecular flexibility index (Phi) is 6.77. The molecule has 0 saturated heterocycles. The van der Waals surface area contributed by atoms with Crippen LogP contribution in [0.4, 0.5) is 13.6 Å². The molecule has 11 nitrogen and oxygen atoms in total. The number of hydrogen-bond acceptors (Lipinski definition) is 7. The highest BCUT2D eigenvalue weighted by Gasteiger charge is 2.29. The van der Waals surface area contributed by atoms with Crippen LogP contribution >= 0.6 is 0 Å². The van der Waals surface area contributed by atoms with Gasteiger partial charge in [0.1, 0.15) is 17.7 Å². The van der Waals surface area contributed by atoms with Crippen LogP contribution in [-0.2, 0) is 9.59 Å². The lowest BCUT2D eigenvalue weighted by Gasteiger charge is -2.19. The molecule has 3 atom stereocenters. The van der Waals surface area contributed by atoms with E-state index in [-0.39, 0.29) is 17.3 Å². The Hall–Kier alpha value is -3.61. The average molecular weight is 413 g/mol. The first-order valence-corrected chi connectivity index (χ1v) is 8.13. The van der Waals surface area contributed by atoms with Gasteiger partial charge in [0.05, 0.1) is 18.1 Å². The van der Waals surface area contributed by atoms with Crippen molar-refractivity contribution in [2.24, 2.45) is 5.73 Å². The topological polar surface area (TPSA) is 181 Å². The van der Waals surface area contributed by atoms with Gasteiger partial charge in [0, 0.05) is 0 Å². The SMILES string of the molecule is CC(O)[C@H](NC(=O)N[C@@H](CC(N)=O)c1nc(-c2cc(F)ccc2F)no1)C(=O)O. The highest BCUT2D eigenvalue weighted by atomic mass is 19.1. The number of halogens is 2. The number of aromatic nitrogens is 2. The monoisotopic (exact) mass is 413 g/mol. The Balaban J connectivity index is 2.24. The Morgan fingerprint density at radius 3 is 2.55 bits per heavy atom. The fourth-order valence-corrected chi connectivity index (χ4v) is 2.29. The standard InChI is InChI=1S/C16H17F2N5O6/c1-6(24)12(15(26)27)21-16(28)20-10(5-11(19)25)14-22-13(23-29-14)8-4-7(17)2-3-9(8)18/h2-4,6,10,12,24H,5H2,1H3,(H2,19,25)(H,26,27)(H2,20,21,28)/t6?,10-,12-/m0/s1. The van der Waals surface area contributed by atoms with E-state index in [4.69, 9.17) is 15.4 Å². The molecular weight excluding hydrogens is 396 g/mol. The largest absolute Gasteiger partial charge is 0.480 e. The van der Waals surface area contributed by atoms with Crippen LogP contribution in [0.15, 0.2) is 22.7 Å². The summed E-state index contributed by atoms with van der Waals surface area (Å²) in [7, 11) is 0. The van der Waals surface area contributed by atoms with Gasteiger partial charge in [-0.1, -0.05) is 5.16 Å². The van der Waals surface area contributed by atoms with Crippen molar-refractivity contribution in [2.45, 2.75) is 31.5 Å². The number of urea groups is 1. The summed E-state index contributed by atoms with van der Waals surface area (Å²) in [6, 6.07) is -1.44. The number of carbonyl (C=O) groups is 3. The zero-order valence-electron chi connectivity index (χ0n) is 14.9. The number of hydrogen-bond donors (Lipinski definition) is 5. The lowest BCUT2D eigenvalue weighted by atomic mass is 10.1. The molecule has 1 aromatic carbocycles. The summed E-state index contributed by atoms with van der Waals surface area (Å²) < 4.78 is 32.1. The Morgan fingerprint density at radius 2 is 1.97 bits per heavy atom. The maximum Gasteiger partial charge on any atom is 0.328 e. The van der Waals surface area contributed by atoms with Gasteiger partial charge in [0.25, 0.3) is 0 Å². The van der Waals surface area contributed by atoms with E-state index < -0.39 is 54.2 Å². The number of nitrogens with two attached hydrogens (primary N) is 1. The molecule has 2 rings (SSSR count). The van der Waals surface area contributed by atoms with Gasteiger partial charge in [-0.3, -0.25) is 4.79 Å². The third-order valence-electron chi connectivity index (χ3n) is 3.65. The van der Waals surface area contributed by atoms with Crippen LogP contribution in [0.2, 0.25) is 0 Å². The zero-order chi connectivity index (χ0) is 21.7. The molecule has 1 heterocycles. The minimum Gasteiger partial charge on any atom is -0.480 e. The van der Waals surface area contributed by atoms with E-state index in [1.165, 1.54) is 0 Å². The number of benzene rings is 1. The zero-order valence-corrected chi connectivity index (χ0v) is 14.9. The second kappa shape index (κ2) is 9.05. The number of aliphatic hydroxyl groups is 1. The lowest BCUT2D eigenvalue weighted by molar-refractivity contribution is -0.141. The first-order valence-electron chi connectivity index (χ1n) is 8.13. The van der Waals surface area contributed by atoms with E-state index in [0.717, 1.165) is 25.1 Å². The second-order valence-corrected chi connectivity index (χ2v) is 5.98. The van der Waals surface area contributed by atoms with Gasteiger partial charge in [0.15, 0.2) is 6.04 Å². The normalized spacial score (nSPS) is 13.9. The van der Waals surface area contributed by atoms with E-state index in [0.29, 0.717) is 0 Å². The predicted molar refractivity (Wildman–Crippen MR) is 91.0 cm³/mol. The van der Waals surface area contributed by atoms with Crippen LogP contribution in [-0.4, -0.2) is 50.4 Å². The lowest BCUT2D eigenvalue weighted by Crippen LogP contribution is -2.52. The molecule has 1 aromatic heterocycles. The number of carboxylic acid groups (broad SMARTS) is 1. The number of amides is 3.